The summed E-state index contributed by atoms with van der Waals surface area (Å²) in [6.07, 6.45) is 0. The molecule has 0 amide bonds. The SMILES string of the molecule is Cn1nc(C(=O)CS(=O)(=O)c2ccccc2Cl)cc1-c1c(F)cccc1F. The van der Waals surface area contributed by atoms with Crippen LogP contribution in [0.3, 0.4) is 0 Å². The van der Waals surface area contributed by atoms with Gasteiger partial charge in [-0.05, 0) is 30.3 Å². The molecule has 27 heavy (non-hydrogen) atoms. The number of rotatable bonds is 5. The number of carbonyl (C=O) groups is 1. The van der Waals surface area contributed by atoms with Gasteiger partial charge in [0.25, 0.3) is 0 Å². The van der Waals surface area contributed by atoms with Crippen molar-refractivity contribution in [2.24, 2.45) is 7.05 Å². The molecule has 0 atom stereocenters. The molecule has 1 aromatic heterocycles. The molecule has 0 radical (unpaired) electrons. The van der Waals surface area contributed by atoms with E-state index in [1.54, 1.807) is 6.07 Å². The Labute approximate surface area is 159 Å². The zero-order chi connectivity index (χ0) is 19.8. The Morgan fingerprint density at radius 1 is 1.11 bits per heavy atom. The maximum atomic E-state index is 14.0. The van der Waals surface area contributed by atoms with Gasteiger partial charge in [-0.2, -0.15) is 5.10 Å². The first-order chi connectivity index (χ1) is 12.7. The third-order valence-electron chi connectivity index (χ3n) is 3.88. The van der Waals surface area contributed by atoms with Gasteiger partial charge in [0.05, 0.1) is 21.2 Å². The lowest BCUT2D eigenvalue weighted by Gasteiger charge is -2.04. The molecule has 2 aromatic carbocycles. The van der Waals surface area contributed by atoms with Crippen molar-refractivity contribution in [1.82, 2.24) is 9.78 Å². The first-order valence-corrected chi connectivity index (χ1v) is 9.72. The highest BCUT2D eigenvalue weighted by Gasteiger charge is 2.25. The minimum absolute atomic E-state index is 0.000405. The minimum Gasteiger partial charge on any atom is -0.291 e. The topological polar surface area (TPSA) is 69.0 Å². The molecular weight excluding hydrogens is 398 g/mol. The Balaban J connectivity index is 1.95. The molecule has 0 unspecified atom stereocenters. The monoisotopic (exact) mass is 410 g/mol. The van der Waals surface area contributed by atoms with Crippen LogP contribution in [-0.4, -0.2) is 29.7 Å². The van der Waals surface area contributed by atoms with E-state index in [4.69, 9.17) is 11.6 Å². The first-order valence-electron chi connectivity index (χ1n) is 7.69. The highest BCUT2D eigenvalue weighted by atomic mass is 35.5. The molecule has 0 saturated carbocycles. The van der Waals surface area contributed by atoms with Gasteiger partial charge < -0.3 is 0 Å². The number of aromatic nitrogens is 2. The second-order valence-corrected chi connectivity index (χ2v) is 8.11. The number of nitrogens with zero attached hydrogens (tertiary/aromatic N) is 2. The zero-order valence-corrected chi connectivity index (χ0v) is 15.6. The van der Waals surface area contributed by atoms with Crippen LogP contribution in [0.2, 0.25) is 5.02 Å². The molecule has 0 bridgehead atoms. The van der Waals surface area contributed by atoms with Crippen LogP contribution in [0.4, 0.5) is 8.78 Å². The molecule has 140 valence electrons. The summed E-state index contributed by atoms with van der Waals surface area (Å²) in [5, 5.41) is 3.91. The molecule has 3 rings (SSSR count). The quantitative estimate of drug-likeness (QED) is 0.602. The molecular formula is C18H13ClF2N2O3S. The van der Waals surface area contributed by atoms with E-state index < -0.39 is 33.0 Å². The summed E-state index contributed by atoms with van der Waals surface area (Å²) in [5.74, 6) is -3.32. The molecule has 0 N–H and O–H groups in total. The van der Waals surface area contributed by atoms with Crippen molar-refractivity contribution in [1.29, 1.82) is 0 Å². The van der Waals surface area contributed by atoms with Crippen LogP contribution < -0.4 is 0 Å². The van der Waals surface area contributed by atoms with E-state index in [1.807, 2.05) is 0 Å². The van der Waals surface area contributed by atoms with E-state index in [0.29, 0.717) is 0 Å². The van der Waals surface area contributed by atoms with Gasteiger partial charge in [0, 0.05) is 7.05 Å². The third-order valence-corrected chi connectivity index (χ3v) is 5.99. The lowest BCUT2D eigenvalue weighted by molar-refractivity contribution is 0.101. The molecule has 0 aliphatic carbocycles. The fraction of sp³-hybridized carbons (Fsp3) is 0.111. The normalized spacial score (nSPS) is 11.6. The number of Topliss-reactive ketones (excluding diaryl/α,β-unsaturated/α-hetero) is 1. The molecule has 9 heteroatoms. The third kappa shape index (κ3) is 3.77. The molecule has 0 fully saturated rings. The lowest BCUT2D eigenvalue weighted by atomic mass is 10.1. The smallest absolute Gasteiger partial charge is 0.198 e. The van der Waals surface area contributed by atoms with Gasteiger partial charge in [-0.25, -0.2) is 17.2 Å². The molecule has 0 saturated heterocycles. The summed E-state index contributed by atoms with van der Waals surface area (Å²) in [4.78, 5) is 12.3. The van der Waals surface area contributed by atoms with Gasteiger partial charge in [-0.1, -0.05) is 29.8 Å². The zero-order valence-electron chi connectivity index (χ0n) is 14.0. The second-order valence-electron chi connectivity index (χ2n) is 5.75. The van der Waals surface area contributed by atoms with Crippen LogP contribution in [-0.2, 0) is 16.9 Å². The molecule has 3 aromatic rings. The molecule has 5 nitrogen and oxygen atoms in total. The number of aryl methyl sites for hydroxylation is 1. The van der Waals surface area contributed by atoms with Crippen molar-refractivity contribution in [3.05, 3.63) is 70.9 Å². The van der Waals surface area contributed by atoms with Gasteiger partial charge >= 0.3 is 0 Å². The lowest BCUT2D eigenvalue weighted by Crippen LogP contribution is -2.17. The summed E-state index contributed by atoms with van der Waals surface area (Å²) in [5.41, 5.74) is -0.546. The fourth-order valence-corrected chi connectivity index (χ4v) is 4.39. The average Bonchev–Trinajstić information content (AvgIpc) is 2.96. The number of halogens is 3. The van der Waals surface area contributed by atoms with Crippen LogP contribution >= 0.6 is 11.6 Å². The van der Waals surface area contributed by atoms with Crippen LogP contribution in [0.1, 0.15) is 10.5 Å². The Kier molecular flexibility index (Phi) is 5.12. The number of sulfone groups is 1. The van der Waals surface area contributed by atoms with E-state index in [0.717, 1.165) is 22.9 Å². The highest BCUT2D eigenvalue weighted by molar-refractivity contribution is 7.92. The standard InChI is InChI=1S/C18H13ClF2N2O3S/c1-23-15(18-12(20)6-4-7-13(18)21)9-14(22-23)16(24)10-27(25,26)17-8-3-2-5-11(17)19/h2-9H,10H2,1H3. The fourth-order valence-electron chi connectivity index (χ4n) is 2.60. The summed E-state index contributed by atoms with van der Waals surface area (Å²) < 4.78 is 54.0. The van der Waals surface area contributed by atoms with Gasteiger partial charge in [0.15, 0.2) is 15.6 Å². The van der Waals surface area contributed by atoms with Crippen molar-refractivity contribution in [2.75, 3.05) is 5.75 Å². The Bertz CT molecular complexity index is 1120. The Hall–Kier alpha value is -2.58. The van der Waals surface area contributed by atoms with E-state index in [2.05, 4.69) is 5.10 Å². The molecule has 0 aliphatic rings. The second kappa shape index (κ2) is 7.21. The predicted molar refractivity (Wildman–Crippen MR) is 96.4 cm³/mol. The van der Waals surface area contributed by atoms with Crippen LogP contribution in [0.15, 0.2) is 53.4 Å². The Morgan fingerprint density at radius 3 is 2.37 bits per heavy atom. The van der Waals surface area contributed by atoms with Crippen LogP contribution in [0, 0.1) is 11.6 Å². The van der Waals surface area contributed by atoms with E-state index >= 15 is 0 Å². The van der Waals surface area contributed by atoms with Crippen molar-refractivity contribution in [2.45, 2.75) is 4.90 Å². The predicted octanol–water partition coefficient (Wildman–Crippen LogP) is 3.68. The number of benzene rings is 2. The van der Waals surface area contributed by atoms with Crippen molar-refractivity contribution in [3.8, 4) is 11.3 Å². The first kappa shape index (κ1) is 19.2. The molecule has 0 aliphatic heterocycles. The molecule has 1 heterocycles. The van der Waals surface area contributed by atoms with Gasteiger partial charge in [0.2, 0.25) is 0 Å². The summed E-state index contributed by atoms with van der Waals surface area (Å²) in [6, 6.07) is 10.3. The van der Waals surface area contributed by atoms with Gasteiger partial charge in [-0.3, -0.25) is 9.48 Å². The number of hydrogen-bond donors (Lipinski definition) is 0. The average molecular weight is 411 g/mol. The van der Waals surface area contributed by atoms with Crippen molar-refractivity contribution >= 4 is 27.2 Å². The number of carbonyl (C=O) groups excluding carboxylic acids is 1. The maximum Gasteiger partial charge on any atom is 0.198 e. The van der Waals surface area contributed by atoms with E-state index in [-0.39, 0.29) is 26.9 Å². The minimum atomic E-state index is -4.00. The maximum absolute atomic E-state index is 14.0. The van der Waals surface area contributed by atoms with Gasteiger partial charge in [0.1, 0.15) is 23.1 Å². The van der Waals surface area contributed by atoms with Crippen molar-refractivity contribution < 1.29 is 22.0 Å². The Morgan fingerprint density at radius 2 is 1.74 bits per heavy atom. The van der Waals surface area contributed by atoms with Crippen LogP contribution in [0.25, 0.3) is 11.3 Å². The number of ketones is 1. The summed E-state index contributed by atoms with van der Waals surface area (Å²) >= 11 is 5.89. The number of hydrogen-bond acceptors (Lipinski definition) is 4. The largest absolute Gasteiger partial charge is 0.291 e. The highest BCUT2D eigenvalue weighted by Crippen LogP contribution is 2.27. The summed E-state index contributed by atoms with van der Waals surface area (Å²) in [7, 11) is -2.60. The van der Waals surface area contributed by atoms with E-state index in [9.17, 15) is 22.0 Å². The van der Waals surface area contributed by atoms with Crippen molar-refractivity contribution in [3.63, 3.8) is 0 Å². The summed E-state index contributed by atoms with van der Waals surface area (Å²) in [6.45, 7) is 0. The molecule has 0 spiro atoms. The van der Waals surface area contributed by atoms with Gasteiger partial charge in [-0.15, -0.1) is 0 Å². The van der Waals surface area contributed by atoms with E-state index in [1.165, 1.54) is 31.3 Å². The van der Waals surface area contributed by atoms with Crippen LogP contribution in [0.5, 0.6) is 0 Å².